The first-order valence-corrected chi connectivity index (χ1v) is 8.45. The topological polar surface area (TPSA) is 112 Å². The fraction of sp³-hybridized carbons (Fsp3) is 0.158. The van der Waals surface area contributed by atoms with Crippen LogP contribution in [0, 0.1) is 6.92 Å². The Kier molecular flexibility index (Phi) is 6.12. The minimum absolute atomic E-state index is 0.0332. The summed E-state index contributed by atoms with van der Waals surface area (Å²) in [6.45, 7) is -1.22. The summed E-state index contributed by atoms with van der Waals surface area (Å²) in [5.41, 5.74) is 7.72. The fourth-order valence-electron chi connectivity index (χ4n) is 2.31. The molecule has 0 aliphatic heterocycles. The Morgan fingerprint density at radius 3 is 2.41 bits per heavy atom. The van der Waals surface area contributed by atoms with Crippen LogP contribution < -0.4 is 15.8 Å². The maximum atomic E-state index is 12.2. The van der Waals surface area contributed by atoms with Gasteiger partial charge in [0.15, 0.2) is 12.4 Å². The van der Waals surface area contributed by atoms with Gasteiger partial charge < -0.3 is 20.5 Å². The number of nitrogen functional groups attached to an aromatic ring is 1. The van der Waals surface area contributed by atoms with Crippen LogP contribution in [0.3, 0.4) is 0 Å². The van der Waals surface area contributed by atoms with Gasteiger partial charge >= 0.3 is 12.6 Å². The highest BCUT2D eigenvalue weighted by Crippen LogP contribution is 2.17. The number of nitrogens with one attached hydrogen (secondary N) is 1. The number of hydrogen-bond donors (Lipinski definition) is 2. The molecule has 0 unspecified atom stereocenters. The zero-order valence-electron chi connectivity index (χ0n) is 15.3. The van der Waals surface area contributed by atoms with E-state index in [-0.39, 0.29) is 35.6 Å². The molecule has 3 aromatic rings. The number of nitrogens with two attached hydrogens (primary N) is 1. The van der Waals surface area contributed by atoms with Crippen molar-refractivity contribution in [2.24, 2.45) is 0 Å². The van der Waals surface area contributed by atoms with Crippen molar-refractivity contribution in [3.63, 3.8) is 0 Å². The molecule has 0 spiro atoms. The van der Waals surface area contributed by atoms with Gasteiger partial charge in [-0.1, -0.05) is 17.7 Å². The van der Waals surface area contributed by atoms with Gasteiger partial charge in [0.05, 0.1) is 5.56 Å². The van der Waals surface area contributed by atoms with E-state index >= 15 is 0 Å². The lowest BCUT2D eigenvalue weighted by molar-refractivity contribution is -0.0498. The van der Waals surface area contributed by atoms with Gasteiger partial charge in [0, 0.05) is 5.69 Å². The van der Waals surface area contributed by atoms with E-state index in [1.807, 2.05) is 31.2 Å². The number of anilines is 3. The van der Waals surface area contributed by atoms with Crippen molar-refractivity contribution in [1.82, 2.24) is 15.0 Å². The molecule has 1 heterocycles. The number of alkyl halides is 2. The monoisotopic (exact) mass is 401 g/mol. The first-order chi connectivity index (χ1) is 13.9. The molecule has 0 radical (unpaired) electrons. The number of hydrogen-bond acceptors (Lipinski definition) is 8. The highest BCUT2D eigenvalue weighted by atomic mass is 19.3. The first-order valence-electron chi connectivity index (χ1n) is 8.45. The maximum absolute atomic E-state index is 12.2. The number of halogens is 2. The van der Waals surface area contributed by atoms with Crippen molar-refractivity contribution in [1.29, 1.82) is 0 Å². The van der Waals surface area contributed by atoms with Crippen LogP contribution in [0.1, 0.15) is 21.7 Å². The smallest absolute Gasteiger partial charge is 0.387 e. The van der Waals surface area contributed by atoms with Gasteiger partial charge in [-0.2, -0.15) is 23.7 Å². The Morgan fingerprint density at radius 1 is 1.07 bits per heavy atom. The normalized spacial score (nSPS) is 10.6. The number of rotatable bonds is 7. The van der Waals surface area contributed by atoms with E-state index in [4.69, 9.17) is 10.5 Å². The fourth-order valence-corrected chi connectivity index (χ4v) is 2.31. The standard InChI is InChI=1S/C19H17F2N5O3/c1-11-2-6-13(7-3-11)23-19-25-15(24-18(22)26-19)10-28-16(27)12-4-8-14(9-5-12)29-17(20)21/h2-9,17H,10H2,1H3,(H3,22,23,24,25,26). The van der Waals surface area contributed by atoms with Crippen molar-refractivity contribution in [2.45, 2.75) is 20.1 Å². The molecule has 150 valence electrons. The van der Waals surface area contributed by atoms with Gasteiger partial charge in [-0.3, -0.25) is 0 Å². The highest BCUT2D eigenvalue weighted by Gasteiger charge is 2.12. The molecule has 0 aliphatic rings. The second-order valence-corrected chi connectivity index (χ2v) is 5.90. The van der Waals surface area contributed by atoms with Gasteiger partial charge in [0.2, 0.25) is 11.9 Å². The first kappa shape index (κ1) is 19.9. The Hall–Kier alpha value is -3.82. The van der Waals surface area contributed by atoms with Crippen molar-refractivity contribution in [3.05, 3.63) is 65.5 Å². The van der Waals surface area contributed by atoms with E-state index < -0.39 is 12.6 Å². The van der Waals surface area contributed by atoms with Gasteiger partial charge in [-0.05, 0) is 43.3 Å². The quantitative estimate of drug-likeness (QED) is 0.579. The van der Waals surface area contributed by atoms with Crippen LogP contribution in [0.25, 0.3) is 0 Å². The van der Waals surface area contributed by atoms with Crippen LogP contribution >= 0.6 is 0 Å². The molecule has 0 saturated heterocycles. The number of esters is 1. The molecule has 10 heteroatoms. The van der Waals surface area contributed by atoms with Crippen molar-refractivity contribution in [3.8, 4) is 5.75 Å². The molecule has 0 aliphatic carbocycles. The molecule has 8 nitrogen and oxygen atoms in total. The van der Waals surface area contributed by atoms with Crippen molar-refractivity contribution >= 4 is 23.6 Å². The van der Waals surface area contributed by atoms with Crippen LogP contribution in [0.5, 0.6) is 5.75 Å². The Morgan fingerprint density at radius 2 is 1.76 bits per heavy atom. The molecule has 0 fully saturated rings. The summed E-state index contributed by atoms with van der Waals surface area (Å²) in [7, 11) is 0. The summed E-state index contributed by atoms with van der Waals surface area (Å²) >= 11 is 0. The van der Waals surface area contributed by atoms with Crippen LogP contribution in [0.15, 0.2) is 48.5 Å². The minimum atomic E-state index is -2.94. The molecule has 2 aromatic carbocycles. The maximum Gasteiger partial charge on any atom is 0.387 e. The Balaban J connectivity index is 1.63. The van der Waals surface area contributed by atoms with Gasteiger partial charge in [0.1, 0.15) is 5.75 Å². The average Bonchev–Trinajstić information content (AvgIpc) is 2.68. The van der Waals surface area contributed by atoms with Gasteiger partial charge in [0.25, 0.3) is 0 Å². The highest BCUT2D eigenvalue weighted by molar-refractivity contribution is 5.89. The zero-order chi connectivity index (χ0) is 20.8. The van der Waals surface area contributed by atoms with Gasteiger partial charge in [-0.25, -0.2) is 4.79 Å². The number of aryl methyl sites for hydroxylation is 1. The second-order valence-electron chi connectivity index (χ2n) is 5.90. The summed E-state index contributed by atoms with van der Waals surface area (Å²) < 4.78 is 33.7. The van der Waals surface area contributed by atoms with E-state index in [0.717, 1.165) is 11.3 Å². The Labute approximate surface area is 164 Å². The van der Waals surface area contributed by atoms with Crippen molar-refractivity contribution in [2.75, 3.05) is 11.1 Å². The van der Waals surface area contributed by atoms with Gasteiger partial charge in [-0.15, -0.1) is 0 Å². The summed E-state index contributed by atoms with van der Waals surface area (Å²) in [6, 6.07) is 12.7. The van der Waals surface area contributed by atoms with Crippen LogP contribution in [0.4, 0.5) is 26.4 Å². The van der Waals surface area contributed by atoms with Crippen molar-refractivity contribution < 1.29 is 23.0 Å². The third kappa shape index (κ3) is 5.83. The van der Waals surface area contributed by atoms with E-state index in [1.54, 1.807) is 0 Å². The van der Waals surface area contributed by atoms with E-state index in [2.05, 4.69) is 25.0 Å². The second kappa shape index (κ2) is 8.91. The third-order valence-electron chi connectivity index (χ3n) is 3.65. The summed E-state index contributed by atoms with van der Waals surface area (Å²) in [5, 5.41) is 3.00. The molecule has 0 atom stereocenters. The third-order valence-corrected chi connectivity index (χ3v) is 3.65. The molecular weight excluding hydrogens is 384 g/mol. The van der Waals surface area contributed by atoms with Crippen LogP contribution in [-0.4, -0.2) is 27.5 Å². The lowest BCUT2D eigenvalue weighted by Gasteiger charge is -2.09. The lowest BCUT2D eigenvalue weighted by Crippen LogP contribution is -2.11. The number of aromatic nitrogens is 3. The number of ether oxygens (including phenoxy) is 2. The zero-order valence-corrected chi connectivity index (χ0v) is 15.3. The summed E-state index contributed by atoms with van der Waals surface area (Å²) in [5.74, 6) is -0.414. The molecule has 0 amide bonds. The predicted molar refractivity (Wildman–Crippen MR) is 101 cm³/mol. The number of carbonyl (C=O) groups excluding carboxylic acids is 1. The Bertz CT molecular complexity index is 982. The molecular formula is C19H17F2N5O3. The minimum Gasteiger partial charge on any atom is -0.454 e. The van der Waals surface area contributed by atoms with E-state index in [9.17, 15) is 13.6 Å². The summed E-state index contributed by atoms with van der Waals surface area (Å²) in [6.07, 6.45) is 0. The lowest BCUT2D eigenvalue weighted by atomic mass is 10.2. The molecule has 29 heavy (non-hydrogen) atoms. The summed E-state index contributed by atoms with van der Waals surface area (Å²) in [4.78, 5) is 24.2. The van der Waals surface area contributed by atoms with Crippen LogP contribution in [0.2, 0.25) is 0 Å². The molecule has 1 aromatic heterocycles. The number of carbonyl (C=O) groups is 1. The van der Waals surface area contributed by atoms with E-state index in [0.29, 0.717) is 0 Å². The predicted octanol–water partition coefficient (Wildman–Crippen LogP) is 3.46. The number of nitrogens with zero attached hydrogens (tertiary/aromatic N) is 3. The average molecular weight is 401 g/mol. The van der Waals surface area contributed by atoms with Crippen LogP contribution in [-0.2, 0) is 11.3 Å². The SMILES string of the molecule is Cc1ccc(Nc2nc(N)nc(COC(=O)c3ccc(OC(F)F)cc3)n2)cc1. The molecule has 3 N–H and O–H groups in total. The number of benzene rings is 2. The molecule has 0 saturated carbocycles. The molecule has 0 bridgehead atoms. The molecule has 3 rings (SSSR count). The van der Waals surface area contributed by atoms with E-state index in [1.165, 1.54) is 24.3 Å². The largest absolute Gasteiger partial charge is 0.454 e.